The fraction of sp³-hybridized carbons (Fsp3) is 0.0769. The van der Waals surface area contributed by atoms with Crippen LogP contribution in [0, 0.1) is 6.92 Å². The normalized spacial score (nSPS) is 11.0. The molecular weight excluding hydrogens is 248 g/mol. The number of hydrogen-bond donors (Lipinski definition) is 1. The molecule has 4 nitrogen and oxygen atoms in total. The lowest BCUT2D eigenvalue weighted by Gasteiger charge is -2.03. The Kier molecular flexibility index (Phi) is 2.45. The lowest BCUT2D eigenvalue weighted by molar-refractivity contribution is 1.11. The molecule has 3 aromatic rings. The van der Waals surface area contributed by atoms with Crippen molar-refractivity contribution in [3.63, 3.8) is 0 Å². The summed E-state index contributed by atoms with van der Waals surface area (Å²) >= 11 is 6.13. The highest BCUT2D eigenvalue weighted by Crippen LogP contribution is 2.24. The second kappa shape index (κ2) is 3.99. The SMILES string of the molecule is Cc1ccc(-c2nnc3ccc(N)cn23)cc1Cl. The number of nitrogens with two attached hydrogens (primary N) is 1. The standard InChI is InChI=1S/C13H11ClN4/c1-8-2-3-9(6-11(8)14)13-17-16-12-5-4-10(15)7-18(12)13/h2-7H,15H2,1H3. The molecule has 90 valence electrons. The van der Waals surface area contributed by atoms with Crippen LogP contribution in [0.4, 0.5) is 5.69 Å². The maximum atomic E-state index is 6.13. The summed E-state index contributed by atoms with van der Waals surface area (Å²) in [5.41, 5.74) is 9.17. The van der Waals surface area contributed by atoms with E-state index >= 15 is 0 Å². The number of halogens is 1. The number of hydrogen-bond acceptors (Lipinski definition) is 3. The molecule has 0 aliphatic heterocycles. The van der Waals surface area contributed by atoms with Crippen LogP contribution in [-0.4, -0.2) is 14.6 Å². The molecule has 0 aliphatic carbocycles. The summed E-state index contributed by atoms with van der Waals surface area (Å²) in [7, 11) is 0. The molecule has 0 spiro atoms. The summed E-state index contributed by atoms with van der Waals surface area (Å²) in [5, 5.41) is 8.99. The van der Waals surface area contributed by atoms with E-state index < -0.39 is 0 Å². The lowest BCUT2D eigenvalue weighted by Crippen LogP contribution is -1.93. The van der Waals surface area contributed by atoms with Crippen LogP contribution >= 0.6 is 11.6 Å². The van der Waals surface area contributed by atoms with Gasteiger partial charge in [0.2, 0.25) is 0 Å². The largest absolute Gasteiger partial charge is 0.398 e. The zero-order valence-electron chi connectivity index (χ0n) is 9.76. The van der Waals surface area contributed by atoms with Crippen molar-refractivity contribution in [2.45, 2.75) is 6.92 Å². The summed E-state index contributed by atoms with van der Waals surface area (Å²) in [6, 6.07) is 9.46. The van der Waals surface area contributed by atoms with Gasteiger partial charge in [0.1, 0.15) is 0 Å². The van der Waals surface area contributed by atoms with Gasteiger partial charge < -0.3 is 5.73 Å². The van der Waals surface area contributed by atoms with E-state index in [0.29, 0.717) is 10.7 Å². The first-order valence-electron chi connectivity index (χ1n) is 5.52. The van der Waals surface area contributed by atoms with E-state index in [4.69, 9.17) is 17.3 Å². The molecule has 5 heteroatoms. The predicted molar refractivity (Wildman–Crippen MR) is 72.6 cm³/mol. The number of aryl methyl sites for hydroxylation is 1. The maximum absolute atomic E-state index is 6.13. The van der Waals surface area contributed by atoms with Gasteiger partial charge in [-0.1, -0.05) is 23.7 Å². The monoisotopic (exact) mass is 258 g/mol. The van der Waals surface area contributed by atoms with Crippen molar-refractivity contribution in [1.29, 1.82) is 0 Å². The molecule has 2 heterocycles. The molecule has 2 N–H and O–H groups in total. The lowest BCUT2D eigenvalue weighted by atomic mass is 10.1. The first-order valence-corrected chi connectivity index (χ1v) is 5.90. The van der Waals surface area contributed by atoms with E-state index in [-0.39, 0.29) is 0 Å². The van der Waals surface area contributed by atoms with Gasteiger partial charge in [0, 0.05) is 22.5 Å². The van der Waals surface area contributed by atoms with Crippen molar-refractivity contribution < 1.29 is 0 Å². The van der Waals surface area contributed by atoms with Gasteiger partial charge in [-0.2, -0.15) is 0 Å². The number of rotatable bonds is 1. The Labute approximate surface area is 109 Å². The molecule has 0 unspecified atom stereocenters. The zero-order valence-corrected chi connectivity index (χ0v) is 10.5. The van der Waals surface area contributed by atoms with Gasteiger partial charge in [-0.3, -0.25) is 4.40 Å². The second-order valence-electron chi connectivity index (χ2n) is 4.18. The van der Waals surface area contributed by atoms with E-state index in [1.807, 2.05) is 35.6 Å². The van der Waals surface area contributed by atoms with E-state index in [1.54, 1.807) is 12.3 Å². The number of nitrogen functional groups attached to an aromatic ring is 1. The predicted octanol–water partition coefficient (Wildman–Crippen LogP) is 2.94. The average Bonchev–Trinajstić information content (AvgIpc) is 2.75. The molecular formula is C13H11ClN4. The summed E-state index contributed by atoms with van der Waals surface area (Å²) < 4.78 is 1.86. The minimum absolute atomic E-state index is 0.668. The minimum Gasteiger partial charge on any atom is -0.398 e. The third kappa shape index (κ3) is 1.71. The molecule has 0 fully saturated rings. The molecule has 0 bridgehead atoms. The van der Waals surface area contributed by atoms with Crippen molar-refractivity contribution in [1.82, 2.24) is 14.6 Å². The summed E-state index contributed by atoms with van der Waals surface area (Å²) in [4.78, 5) is 0. The Hall–Kier alpha value is -2.07. The van der Waals surface area contributed by atoms with Crippen molar-refractivity contribution >= 4 is 22.9 Å². The van der Waals surface area contributed by atoms with Crippen LogP contribution in [0.25, 0.3) is 17.0 Å². The molecule has 1 aromatic carbocycles. The van der Waals surface area contributed by atoms with Crippen LogP contribution in [-0.2, 0) is 0 Å². The molecule has 0 saturated heterocycles. The van der Waals surface area contributed by atoms with Crippen molar-refractivity contribution in [2.75, 3.05) is 5.73 Å². The Morgan fingerprint density at radius 1 is 1.17 bits per heavy atom. The first-order chi connectivity index (χ1) is 8.65. The number of benzene rings is 1. The van der Waals surface area contributed by atoms with Crippen LogP contribution in [0.15, 0.2) is 36.5 Å². The molecule has 3 rings (SSSR count). The van der Waals surface area contributed by atoms with Crippen LogP contribution in [0.3, 0.4) is 0 Å². The van der Waals surface area contributed by atoms with E-state index in [9.17, 15) is 0 Å². The molecule has 0 saturated carbocycles. The molecule has 0 amide bonds. The Balaban J connectivity index is 2.24. The van der Waals surface area contributed by atoms with E-state index in [2.05, 4.69) is 10.2 Å². The Morgan fingerprint density at radius 3 is 2.78 bits per heavy atom. The number of pyridine rings is 1. The molecule has 18 heavy (non-hydrogen) atoms. The van der Waals surface area contributed by atoms with Gasteiger partial charge in [-0.25, -0.2) is 0 Å². The zero-order chi connectivity index (χ0) is 12.7. The Bertz CT molecular complexity index is 733. The topological polar surface area (TPSA) is 56.2 Å². The molecule has 0 aliphatic rings. The third-order valence-corrected chi connectivity index (χ3v) is 3.26. The van der Waals surface area contributed by atoms with Gasteiger partial charge in [0.15, 0.2) is 11.5 Å². The second-order valence-corrected chi connectivity index (χ2v) is 4.59. The molecule has 0 radical (unpaired) electrons. The number of anilines is 1. The summed E-state index contributed by atoms with van der Waals surface area (Å²) in [6.07, 6.45) is 1.80. The van der Waals surface area contributed by atoms with Crippen molar-refractivity contribution in [3.05, 3.63) is 47.1 Å². The van der Waals surface area contributed by atoms with Gasteiger partial charge in [0.05, 0.1) is 0 Å². The Morgan fingerprint density at radius 2 is 2.00 bits per heavy atom. The summed E-state index contributed by atoms with van der Waals surface area (Å²) in [5.74, 6) is 0.735. The van der Waals surface area contributed by atoms with E-state index in [0.717, 1.165) is 22.6 Å². The fourth-order valence-electron chi connectivity index (χ4n) is 1.84. The van der Waals surface area contributed by atoms with Crippen LogP contribution in [0.2, 0.25) is 5.02 Å². The van der Waals surface area contributed by atoms with Crippen LogP contribution in [0.5, 0.6) is 0 Å². The van der Waals surface area contributed by atoms with Gasteiger partial charge in [-0.05, 0) is 30.7 Å². The van der Waals surface area contributed by atoms with Gasteiger partial charge in [-0.15, -0.1) is 10.2 Å². The molecule has 0 atom stereocenters. The maximum Gasteiger partial charge on any atom is 0.168 e. The third-order valence-electron chi connectivity index (χ3n) is 2.86. The quantitative estimate of drug-likeness (QED) is 0.730. The van der Waals surface area contributed by atoms with Crippen molar-refractivity contribution in [3.8, 4) is 11.4 Å². The first kappa shape index (κ1) is 11.0. The van der Waals surface area contributed by atoms with Crippen LogP contribution in [0.1, 0.15) is 5.56 Å². The smallest absolute Gasteiger partial charge is 0.168 e. The van der Waals surface area contributed by atoms with E-state index in [1.165, 1.54) is 0 Å². The van der Waals surface area contributed by atoms with Crippen LogP contribution < -0.4 is 5.73 Å². The highest BCUT2D eigenvalue weighted by molar-refractivity contribution is 6.31. The van der Waals surface area contributed by atoms with Crippen molar-refractivity contribution in [2.24, 2.45) is 0 Å². The van der Waals surface area contributed by atoms with Gasteiger partial charge in [0.25, 0.3) is 0 Å². The average molecular weight is 259 g/mol. The summed E-state index contributed by atoms with van der Waals surface area (Å²) in [6.45, 7) is 1.96. The number of fused-ring (bicyclic) bond motifs is 1. The van der Waals surface area contributed by atoms with Gasteiger partial charge >= 0.3 is 0 Å². The fourth-order valence-corrected chi connectivity index (χ4v) is 2.02. The highest BCUT2D eigenvalue weighted by atomic mass is 35.5. The number of nitrogens with zero attached hydrogens (tertiary/aromatic N) is 3. The minimum atomic E-state index is 0.668. The highest BCUT2D eigenvalue weighted by Gasteiger charge is 2.09. The number of aromatic nitrogens is 3. The molecule has 2 aromatic heterocycles.